The van der Waals surface area contributed by atoms with Crippen LogP contribution in [0.3, 0.4) is 0 Å². The fourth-order valence-corrected chi connectivity index (χ4v) is 2.24. The van der Waals surface area contributed by atoms with Crippen LogP contribution in [0.4, 0.5) is 19.0 Å². The third kappa shape index (κ3) is 2.97. The maximum absolute atomic E-state index is 12.9. The maximum Gasteiger partial charge on any atom is 0.419 e. The average Bonchev–Trinajstić information content (AvgIpc) is 2.38. The molecule has 1 saturated heterocycles. The van der Waals surface area contributed by atoms with Gasteiger partial charge in [0.15, 0.2) is 0 Å². The molecule has 1 aromatic heterocycles. The van der Waals surface area contributed by atoms with Gasteiger partial charge in [-0.2, -0.15) is 13.2 Å². The highest BCUT2D eigenvalue weighted by molar-refractivity contribution is 5.71. The Kier molecular flexibility index (Phi) is 3.64. The normalized spacial score (nSPS) is 20.4. The highest BCUT2D eigenvalue weighted by atomic mass is 19.4. The molecule has 0 spiro atoms. The number of aliphatic carboxylic acids is 1. The van der Waals surface area contributed by atoms with Crippen molar-refractivity contribution in [2.75, 3.05) is 18.0 Å². The Morgan fingerprint density at radius 2 is 2.21 bits per heavy atom. The van der Waals surface area contributed by atoms with Crippen LogP contribution in [0.1, 0.15) is 18.4 Å². The number of rotatable bonds is 2. The first-order valence-corrected chi connectivity index (χ1v) is 5.89. The Morgan fingerprint density at radius 1 is 1.47 bits per heavy atom. The number of pyridine rings is 1. The van der Waals surface area contributed by atoms with Gasteiger partial charge in [-0.25, -0.2) is 4.98 Å². The van der Waals surface area contributed by atoms with Gasteiger partial charge in [0.1, 0.15) is 5.82 Å². The Balaban J connectivity index is 2.29. The van der Waals surface area contributed by atoms with E-state index in [1.165, 1.54) is 17.2 Å². The lowest BCUT2D eigenvalue weighted by Gasteiger charge is -2.33. The number of hydrogen-bond acceptors (Lipinski definition) is 3. The Morgan fingerprint density at radius 3 is 2.84 bits per heavy atom. The highest BCUT2D eigenvalue weighted by Crippen LogP contribution is 2.36. The summed E-state index contributed by atoms with van der Waals surface area (Å²) in [4.78, 5) is 16.1. The van der Waals surface area contributed by atoms with Crippen LogP contribution in [0.5, 0.6) is 0 Å². The average molecular weight is 274 g/mol. The van der Waals surface area contributed by atoms with Gasteiger partial charge in [0.05, 0.1) is 11.5 Å². The predicted molar refractivity (Wildman–Crippen MR) is 61.8 cm³/mol. The first-order chi connectivity index (χ1) is 8.89. The molecular weight excluding hydrogens is 261 g/mol. The fourth-order valence-electron chi connectivity index (χ4n) is 2.24. The van der Waals surface area contributed by atoms with E-state index in [-0.39, 0.29) is 12.4 Å². The highest BCUT2D eigenvalue weighted by Gasteiger charge is 2.37. The molecule has 1 fully saturated rings. The molecule has 0 saturated carbocycles. The molecule has 0 bridgehead atoms. The molecular formula is C12H13F3N2O2. The zero-order valence-corrected chi connectivity index (χ0v) is 10.0. The van der Waals surface area contributed by atoms with Gasteiger partial charge in [-0.1, -0.05) is 0 Å². The largest absolute Gasteiger partial charge is 0.481 e. The minimum atomic E-state index is -4.49. The molecule has 1 aliphatic rings. The van der Waals surface area contributed by atoms with Gasteiger partial charge in [0.25, 0.3) is 0 Å². The fraction of sp³-hybridized carbons (Fsp3) is 0.500. The van der Waals surface area contributed by atoms with Crippen LogP contribution in [-0.4, -0.2) is 29.1 Å². The first-order valence-electron chi connectivity index (χ1n) is 5.89. The van der Waals surface area contributed by atoms with Crippen molar-refractivity contribution in [3.63, 3.8) is 0 Å². The molecule has 1 N–H and O–H groups in total. The van der Waals surface area contributed by atoms with E-state index in [0.29, 0.717) is 19.4 Å². The predicted octanol–water partition coefficient (Wildman–Crippen LogP) is 2.40. The number of aromatic nitrogens is 1. The number of hydrogen-bond donors (Lipinski definition) is 1. The minimum Gasteiger partial charge on any atom is -0.481 e. The van der Waals surface area contributed by atoms with Crippen LogP contribution in [0, 0.1) is 5.92 Å². The molecule has 1 aliphatic heterocycles. The summed E-state index contributed by atoms with van der Waals surface area (Å²) in [5, 5.41) is 8.96. The number of nitrogens with zero attached hydrogens (tertiary/aromatic N) is 2. The van der Waals surface area contributed by atoms with Crippen molar-refractivity contribution in [3.05, 3.63) is 23.9 Å². The van der Waals surface area contributed by atoms with Crippen LogP contribution in [0.2, 0.25) is 0 Å². The molecule has 2 rings (SSSR count). The lowest BCUT2D eigenvalue weighted by atomic mass is 9.98. The summed E-state index contributed by atoms with van der Waals surface area (Å²) in [5.41, 5.74) is -0.818. The summed E-state index contributed by atoms with van der Waals surface area (Å²) in [5.74, 6) is -1.80. The van der Waals surface area contributed by atoms with Crippen molar-refractivity contribution in [2.24, 2.45) is 5.92 Å². The lowest BCUT2D eigenvalue weighted by Crippen LogP contribution is -2.40. The van der Waals surface area contributed by atoms with Crippen molar-refractivity contribution in [2.45, 2.75) is 19.0 Å². The second-order valence-electron chi connectivity index (χ2n) is 4.50. The molecule has 4 nitrogen and oxygen atoms in total. The van der Waals surface area contributed by atoms with E-state index >= 15 is 0 Å². The summed E-state index contributed by atoms with van der Waals surface area (Å²) in [6, 6.07) is 2.19. The van der Waals surface area contributed by atoms with E-state index in [2.05, 4.69) is 4.98 Å². The number of carboxylic acids is 1. The van der Waals surface area contributed by atoms with Crippen molar-refractivity contribution in [1.82, 2.24) is 4.98 Å². The van der Waals surface area contributed by atoms with Crippen molar-refractivity contribution < 1.29 is 23.1 Å². The molecule has 0 aromatic carbocycles. The van der Waals surface area contributed by atoms with Gasteiger partial charge in [0, 0.05) is 19.3 Å². The van der Waals surface area contributed by atoms with Crippen LogP contribution in [0.15, 0.2) is 18.3 Å². The second-order valence-corrected chi connectivity index (χ2v) is 4.50. The van der Waals surface area contributed by atoms with E-state index in [0.717, 1.165) is 6.07 Å². The van der Waals surface area contributed by atoms with Crippen LogP contribution < -0.4 is 4.90 Å². The Hall–Kier alpha value is -1.79. The smallest absolute Gasteiger partial charge is 0.419 e. The number of carboxylic acid groups (broad SMARTS) is 1. The molecule has 1 unspecified atom stereocenters. The lowest BCUT2D eigenvalue weighted by molar-refractivity contribution is -0.141. The number of anilines is 1. The standard InChI is InChI=1S/C12H13F3N2O2/c13-12(14,15)9-4-1-5-16-10(9)17-6-2-3-8(7-17)11(18)19/h1,4-5,8H,2-3,6-7H2,(H,18,19). The zero-order valence-electron chi connectivity index (χ0n) is 10.0. The number of piperidine rings is 1. The van der Waals surface area contributed by atoms with E-state index < -0.39 is 23.6 Å². The van der Waals surface area contributed by atoms with Gasteiger partial charge in [-0.3, -0.25) is 4.79 Å². The van der Waals surface area contributed by atoms with Gasteiger partial charge < -0.3 is 10.0 Å². The monoisotopic (exact) mass is 274 g/mol. The molecule has 104 valence electrons. The summed E-state index contributed by atoms with van der Waals surface area (Å²) in [7, 11) is 0. The van der Waals surface area contributed by atoms with Crippen LogP contribution >= 0.6 is 0 Å². The van der Waals surface area contributed by atoms with Crippen molar-refractivity contribution in [1.29, 1.82) is 0 Å². The van der Waals surface area contributed by atoms with Gasteiger partial charge in [-0.05, 0) is 25.0 Å². The molecule has 0 amide bonds. The summed E-state index contributed by atoms with van der Waals surface area (Å²) >= 11 is 0. The third-order valence-electron chi connectivity index (χ3n) is 3.16. The molecule has 1 atom stereocenters. The van der Waals surface area contributed by atoms with Gasteiger partial charge in [0.2, 0.25) is 0 Å². The van der Waals surface area contributed by atoms with E-state index in [9.17, 15) is 18.0 Å². The number of alkyl halides is 3. The molecule has 2 heterocycles. The second kappa shape index (κ2) is 5.07. The third-order valence-corrected chi connectivity index (χ3v) is 3.16. The topological polar surface area (TPSA) is 53.4 Å². The van der Waals surface area contributed by atoms with E-state index in [1.807, 2.05) is 0 Å². The molecule has 0 radical (unpaired) electrons. The van der Waals surface area contributed by atoms with Crippen molar-refractivity contribution in [3.8, 4) is 0 Å². The van der Waals surface area contributed by atoms with Crippen LogP contribution in [-0.2, 0) is 11.0 Å². The minimum absolute atomic E-state index is 0.0649. The molecule has 19 heavy (non-hydrogen) atoms. The number of carbonyl (C=O) groups is 1. The Bertz CT molecular complexity index is 476. The van der Waals surface area contributed by atoms with Crippen molar-refractivity contribution >= 4 is 11.8 Å². The van der Waals surface area contributed by atoms with Gasteiger partial charge in [-0.15, -0.1) is 0 Å². The van der Waals surface area contributed by atoms with Gasteiger partial charge >= 0.3 is 12.1 Å². The molecule has 1 aromatic rings. The zero-order chi connectivity index (χ0) is 14.0. The van der Waals surface area contributed by atoms with E-state index in [1.54, 1.807) is 0 Å². The van der Waals surface area contributed by atoms with Crippen LogP contribution in [0.25, 0.3) is 0 Å². The molecule has 7 heteroatoms. The van der Waals surface area contributed by atoms with E-state index in [4.69, 9.17) is 5.11 Å². The summed E-state index contributed by atoms with van der Waals surface area (Å²) in [6.07, 6.45) is -2.17. The summed E-state index contributed by atoms with van der Waals surface area (Å²) in [6.45, 7) is 0.458. The maximum atomic E-state index is 12.9. The summed E-state index contributed by atoms with van der Waals surface area (Å²) < 4.78 is 38.6. The quantitative estimate of drug-likeness (QED) is 0.899. The number of halogens is 3. The first kappa shape index (κ1) is 13.6. The SMILES string of the molecule is O=C(O)C1CCCN(c2ncccc2C(F)(F)F)C1. The Labute approximate surface area is 107 Å². The molecule has 0 aliphatic carbocycles.